The van der Waals surface area contributed by atoms with E-state index in [1.807, 2.05) is 0 Å². The van der Waals surface area contributed by atoms with Crippen LogP contribution in [0.25, 0.3) is 0 Å². The average Bonchev–Trinajstić information content (AvgIpc) is 2.32. The van der Waals surface area contributed by atoms with Gasteiger partial charge in [-0.15, -0.1) is 0 Å². The second kappa shape index (κ2) is 6.43. The number of hydrogen-bond donors (Lipinski definition) is 1. The van der Waals surface area contributed by atoms with Crippen LogP contribution in [0.1, 0.15) is 11.6 Å². The molecule has 1 unspecified atom stereocenters. The smallest absolute Gasteiger partial charge is 0.402 e. The number of benzene rings is 1. The van der Waals surface area contributed by atoms with Gasteiger partial charge in [-0.05, 0) is 40.7 Å². The molecule has 0 radical (unpaired) electrons. The zero-order valence-corrected chi connectivity index (χ0v) is 12.5. The normalized spacial score (nSPS) is 14.4. The van der Waals surface area contributed by atoms with Gasteiger partial charge in [0, 0.05) is 0 Å². The second-order valence-electron chi connectivity index (χ2n) is 4.22. The van der Waals surface area contributed by atoms with Gasteiger partial charge in [-0.1, -0.05) is 6.07 Å². The molecule has 0 saturated carbocycles. The average molecular weight is 380 g/mol. The summed E-state index contributed by atoms with van der Waals surface area (Å²) in [5, 5.41) is 2.09. The van der Waals surface area contributed by atoms with Crippen LogP contribution in [-0.2, 0) is 0 Å². The van der Waals surface area contributed by atoms with Crippen LogP contribution in [0.5, 0.6) is 5.75 Å². The van der Waals surface area contributed by atoms with Gasteiger partial charge in [-0.3, -0.25) is 0 Å². The molecule has 1 aromatic rings. The minimum Gasteiger partial charge on any atom is -0.496 e. The molecular weight excluding hydrogens is 368 g/mol. The number of halogens is 7. The first-order chi connectivity index (χ1) is 9.52. The Morgan fingerprint density at radius 3 is 1.95 bits per heavy atom. The standard InChI is InChI=1S/C12H12BrF6NO/c1-20-9(10(11(14,15)16)12(17,18)19)6-3-4-8(21-2)7(13)5-6/h3-5,9-10,20H,1-2H3. The van der Waals surface area contributed by atoms with E-state index in [4.69, 9.17) is 4.74 Å². The molecule has 1 atom stereocenters. The molecule has 2 nitrogen and oxygen atoms in total. The highest BCUT2D eigenvalue weighted by Crippen LogP contribution is 2.46. The third kappa shape index (κ3) is 4.26. The fraction of sp³-hybridized carbons (Fsp3) is 0.500. The van der Waals surface area contributed by atoms with Crippen LogP contribution in [0.2, 0.25) is 0 Å². The Morgan fingerprint density at radius 1 is 1.10 bits per heavy atom. The quantitative estimate of drug-likeness (QED) is 0.779. The Hall–Kier alpha value is -0.960. The largest absolute Gasteiger partial charge is 0.496 e. The van der Waals surface area contributed by atoms with Crippen LogP contribution in [0.3, 0.4) is 0 Å². The summed E-state index contributed by atoms with van der Waals surface area (Å²) < 4.78 is 81.9. The Morgan fingerprint density at radius 2 is 1.62 bits per heavy atom. The molecule has 0 aromatic heterocycles. The molecule has 21 heavy (non-hydrogen) atoms. The zero-order chi connectivity index (χ0) is 16.4. The van der Waals surface area contributed by atoms with Crippen LogP contribution in [-0.4, -0.2) is 26.5 Å². The van der Waals surface area contributed by atoms with Gasteiger partial charge in [0.2, 0.25) is 0 Å². The van der Waals surface area contributed by atoms with Crippen molar-refractivity contribution in [2.45, 2.75) is 18.4 Å². The number of nitrogens with one attached hydrogen (secondary N) is 1. The Bertz CT molecular complexity index is 474. The number of rotatable bonds is 4. The lowest BCUT2D eigenvalue weighted by molar-refractivity contribution is -0.292. The zero-order valence-electron chi connectivity index (χ0n) is 10.9. The molecule has 0 bridgehead atoms. The Balaban J connectivity index is 3.30. The fourth-order valence-corrected chi connectivity index (χ4v) is 2.52. The third-order valence-electron chi connectivity index (χ3n) is 2.88. The number of hydrogen-bond acceptors (Lipinski definition) is 2. The van der Waals surface area contributed by atoms with Crippen molar-refractivity contribution in [2.75, 3.05) is 14.2 Å². The minimum absolute atomic E-state index is 0.148. The van der Waals surface area contributed by atoms with E-state index in [9.17, 15) is 26.3 Å². The molecule has 1 aromatic carbocycles. The van der Waals surface area contributed by atoms with Gasteiger partial charge in [0.25, 0.3) is 0 Å². The van der Waals surface area contributed by atoms with E-state index in [-0.39, 0.29) is 10.0 Å². The fourth-order valence-electron chi connectivity index (χ4n) is 1.97. The van der Waals surface area contributed by atoms with E-state index in [1.165, 1.54) is 19.2 Å². The van der Waals surface area contributed by atoms with E-state index in [2.05, 4.69) is 21.2 Å². The van der Waals surface area contributed by atoms with Crippen LogP contribution >= 0.6 is 15.9 Å². The second-order valence-corrected chi connectivity index (χ2v) is 5.08. The summed E-state index contributed by atoms with van der Waals surface area (Å²) in [5.41, 5.74) is -0.148. The minimum atomic E-state index is -5.42. The predicted octanol–water partition coefficient (Wildman–Crippen LogP) is 4.46. The molecule has 1 rings (SSSR count). The molecule has 0 amide bonds. The maximum atomic E-state index is 12.8. The van der Waals surface area contributed by atoms with Crippen LogP contribution in [0.4, 0.5) is 26.3 Å². The molecule has 0 spiro atoms. The van der Waals surface area contributed by atoms with Gasteiger partial charge in [0.1, 0.15) is 5.75 Å². The van der Waals surface area contributed by atoms with E-state index in [0.717, 1.165) is 13.1 Å². The summed E-state index contributed by atoms with van der Waals surface area (Å²) in [6.45, 7) is 0. The van der Waals surface area contributed by atoms with Crippen molar-refractivity contribution in [3.8, 4) is 5.75 Å². The lowest BCUT2D eigenvalue weighted by Crippen LogP contribution is -2.45. The van der Waals surface area contributed by atoms with Crippen LogP contribution in [0.15, 0.2) is 22.7 Å². The predicted molar refractivity (Wildman–Crippen MR) is 68.1 cm³/mol. The first kappa shape index (κ1) is 18.1. The Labute approximate surface area is 125 Å². The summed E-state index contributed by atoms with van der Waals surface area (Å²) in [5.74, 6) is -3.19. The van der Waals surface area contributed by atoms with Gasteiger partial charge in [-0.25, -0.2) is 0 Å². The summed E-state index contributed by atoms with van der Waals surface area (Å²) in [4.78, 5) is 0. The van der Waals surface area contributed by atoms with Crippen molar-refractivity contribution in [3.63, 3.8) is 0 Å². The number of alkyl halides is 6. The van der Waals surface area contributed by atoms with Gasteiger partial charge in [0.05, 0.1) is 17.6 Å². The number of methoxy groups -OCH3 is 1. The highest BCUT2D eigenvalue weighted by atomic mass is 79.9. The molecule has 0 fully saturated rings. The van der Waals surface area contributed by atoms with Crippen molar-refractivity contribution in [1.29, 1.82) is 0 Å². The highest BCUT2D eigenvalue weighted by molar-refractivity contribution is 9.10. The molecule has 0 aliphatic rings. The van der Waals surface area contributed by atoms with Crippen molar-refractivity contribution in [1.82, 2.24) is 5.32 Å². The third-order valence-corrected chi connectivity index (χ3v) is 3.50. The molecule has 0 aliphatic carbocycles. The van der Waals surface area contributed by atoms with Gasteiger partial charge in [0.15, 0.2) is 5.92 Å². The molecule has 9 heteroatoms. The SMILES string of the molecule is CNC(c1ccc(OC)c(Br)c1)C(C(F)(F)F)C(F)(F)F. The Kier molecular flexibility index (Phi) is 5.54. The molecular formula is C12H12BrF6NO. The van der Waals surface area contributed by atoms with E-state index >= 15 is 0 Å². The van der Waals surface area contributed by atoms with E-state index in [0.29, 0.717) is 5.75 Å². The molecule has 1 N–H and O–H groups in total. The topological polar surface area (TPSA) is 21.3 Å². The number of ether oxygens (including phenoxy) is 1. The van der Waals surface area contributed by atoms with E-state index in [1.54, 1.807) is 0 Å². The van der Waals surface area contributed by atoms with Crippen molar-refractivity contribution < 1.29 is 31.1 Å². The summed E-state index contributed by atoms with van der Waals surface area (Å²) in [7, 11) is 2.39. The maximum Gasteiger partial charge on any atom is 0.402 e. The lowest BCUT2D eigenvalue weighted by atomic mass is 9.92. The summed E-state index contributed by atoms with van der Waals surface area (Å²) >= 11 is 3.04. The molecule has 120 valence electrons. The van der Waals surface area contributed by atoms with Gasteiger partial charge < -0.3 is 10.1 Å². The van der Waals surface area contributed by atoms with E-state index < -0.39 is 24.3 Å². The molecule has 0 saturated heterocycles. The molecule has 0 heterocycles. The first-order valence-corrected chi connectivity index (χ1v) is 6.45. The van der Waals surface area contributed by atoms with Gasteiger partial charge >= 0.3 is 12.4 Å². The summed E-state index contributed by atoms with van der Waals surface area (Å²) in [6, 6.07) is 1.68. The van der Waals surface area contributed by atoms with Crippen LogP contribution in [0, 0.1) is 5.92 Å². The van der Waals surface area contributed by atoms with Gasteiger partial charge in [-0.2, -0.15) is 26.3 Å². The lowest BCUT2D eigenvalue weighted by Gasteiger charge is -2.31. The first-order valence-electron chi connectivity index (χ1n) is 5.66. The van der Waals surface area contributed by atoms with Crippen LogP contribution < -0.4 is 10.1 Å². The summed E-state index contributed by atoms with van der Waals surface area (Å²) in [6.07, 6.45) is -10.8. The molecule has 0 aliphatic heterocycles. The van der Waals surface area contributed by atoms with Crippen molar-refractivity contribution in [3.05, 3.63) is 28.2 Å². The maximum absolute atomic E-state index is 12.8. The monoisotopic (exact) mass is 379 g/mol. The highest BCUT2D eigenvalue weighted by Gasteiger charge is 2.60. The van der Waals surface area contributed by atoms with Crippen molar-refractivity contribution >= 4 is 15.9 Å². The van der Waals surface area contributed by atoms with Crippen molar-refractivity contribution in [2.24, 2.45) is 5.92 Å².